The molecule has 7 heteroatoms. The van der Waals surface area contributed by atoms with E-state index in [1.54, 1.807) is 24.3 Å². The highest BCUT2D eigenvalue weighted by Gasteiger charge is 2.14. The van der Waals surface area contributed by atoms with Crippen LogP contribution in [0.2, 0.25) is 0 Å². The fraction of sp³-hybridized carbons (Fsp3) is 0.375. The first-order valence-electron chi connectivity index (χ1n) is 7.46. The summed E-state index contributed by atoms with van der Waals surface area (Å²) >= 11 is 0. The number of carbonyl (C=O) groups excluding carboxylic acids is 1. The average molecular weight is 318 g/mol. The Kier molecular flexibility index (Phi) is 4.89. The summed E-state index contributed by atoms with van der Waals surface area (Å²) in [6.07, 6.45) is -0.0114. The van der Waals surface area contributed by atoms with Gasteiger partial charge in [-0.25, -0.2) is 4.79 Å². The van der Waals surface area contributed by atoms with Gasteiger partial charge in [-0.1, -0.05) is 0 Å². The molecule has 122 valence electrons. The second kappa shape index (κ2) is 7.26. The molecule has 23 heavy (non-hydrogen) atoms. The molecule has 1 aliphatic heterocycles. The zero-order valence-electron chi connectivity index (χ0n) is 12.5. The van der Waals surface area contributed by atoms with Crippen molar-refractivity contribution < 1.29 is 18.7 Å². The third-order valence-corrected chi connectivity index (χ3v) is 3.50. The maximum absolute atomic E-state index is 11.8. The topological polar surface area (TPSA) is 89.8 Å². The molecular weight excluding hydrogens is 300 g/mol. The van der Waals surface area contributed by atoms with Gasteiger partial charge in [-0.2, -0.15) is 0 Å². The van der Waals surface area contributed by atoms with Crippen molar-refractivity contribution in [2.24, 2.45) is 0 Å². The van der Waals surface area contributed by atoms with Crippen LogP contribution >= 0.6 is 0 Å². The van der Waals surface area contributed by atoms with Gasteiger partial charge in [-0.05, 0) is 18.2 Å². The van der Waals surface area contributed by atoms with E-state index in [1.807, 2.05) is 0 Å². The molecule has 1 fully saturated rings. The van der Waals surface area contributed by atoms with Crippen molar-refractivity contribution >= 4 is 16.9 Å². The number of benzene rings is 1. The third-order valence-electron chi connectivity index (χ3n) is 3.50. The summed E-state index contributed by atoms with van der Waals surface area (Å²) in [6, 6.07) is 8.13. The largest absolute Gasteiger partial charge is 0.484 e. The molecule has 2 aromatic rings. The first-order chi connectivity index (χ1) is 11.2. The van der Waals surface area contributed by atoms with Gasteiger partial charge in [0.05, 0.1) is 12.7 Å². The standard InChI is InChI=1S/C16H18N2O5/c19-15(18-9-13-8-17-5-6-21-13)10-22-12-3-1-11-2-4-16(20)23-14(11)7-12/h1-4,7,13,17H,5-6,8-10H2,(H,18,19). The zero-order chi connectivity index (χ0) is 16.1. The van der Waals surface area contributed by atoms with Gasteiger partial charge in [-0.3, -0.25) is 4.79 Å². The van der Waals surface area contributed by atoms with Crippen LogP contribution in [0.25, 0.3) is 11.0 Å². The summed E-state index contributed by atoms with van der Waals surface area (Å²) in [5.74, 6) is 0.242. The Morgan fingerprint density at radius 2 is 2.22 bits per heavy atom. The molecule has 0 spiro atoms. The number of nitrogens with one attached hydrogen (secondary N) is 2. The molecule has 0 radical (unpaired) electrons. The van der Waals surface area contributed by atoms with Crippen molar-refractivity contribution in [3.63, 3.8) is 0 Å². The van der Waals surface area contributed by atoms with E-state index >= 15 is 0 Å². The van der Waals surface area contributed by atoms with Gasteiger partial charge < -0.3 is 24.5 Å². The number of ether oxygens (including phenoxy) is 2. The maximum Gasteiger partial charge on any atom is 0.336 e. The van der Waals surface area contributed by atoms with E-state index in [-0.39, 0.29) is 18.6 Å². The molecule has 2 N–H and O–H groups in total. The monoisotopic (exact) mass is 318 g/mol. The molecule has 2 heterocycles. The Balaban J connectivity index is 1.51. The van der Waals surface area contributed by atoms with Gasteiger partial charge >= 0.3 is 5.63 Å². The summed E-state index contributed by atoms with van der Waals surface area (Å²) in [5.41, 5.74) is 0.00516. The average Bonchev–Trinajstić information content (AvgIpc) is 2.58. The van der Waals surface area contributed by atoms with E-state index in [9.17, 15) is 9.59 Å². The van der Waals surface area contributed by atoms with Crippen molar-refractivity contribution in [2.75, 3.05) is 32.8 Å². The smallest absolute Gasteiger partial charge is 0.336 e. The van der Waals surface area contributed by atoms with Crippen LogP contribution in [-0.2, 0) is 9.53 Å². The number of amides is 1. The lowest BCUT2D eigenvalue weighted by molar-refractivity contribution is -0.123. The summed E-state index contributed by atoms with van der Waals surface area (Å²) in [4.78, 5) is 23.0. The number of rotatable bonds is 5. The Bertz CT molecular complexity index is 737. The van der Waals surface area contributed by atoms with Gasteiger partial charge in [0.15, 0.2) is 6.61 Å². The Labute approximate surface area is 132 Å². The summed E-state index contributed by atoms with van der Waals surface area (Å²) < 4.78 is 16.0. The number of hydrogen-bond acceptors (Lipinski definition) is 6. The zero-order valence-corrected chi connectivity index (χ0v) is 12.5. The molecule has 0 saturated carbocycles. The molecular formula is C16H18N2O5. The Morgan fingerprint density at radius 1 is 1.35 bits per heavy atom. The quantitative estimate of drug-likeness (QED) is 0.770. The fourth-order valence-corrected chi connectivity index (χ4v) is 2.31. The Morgan fingerprint density at radius 3 is 3.04 bits per heavy atom. The molecule has 7 nitrogen and oxygen atoms in total. The van der Waals surface area contributed by atoms with Crippen molar-refractivity contribution in [2.45, 2.75) is 6.10 Å². The lowest BCUT2D eigenvalue weighted by Gasteiger charge is -2.23. The maximum atomic E-state index is 11.8. The molecule has 1 unspecified atom stereocenters. The van der Waals surface area contributed by atoms with Gasteiger partial charge in [0.1, 0.15) is 11.3 Å². The van der Waals surface area contributed by atoms with E-state index in [0.717, 1.165) is 18.5 Å². The van der Waals surface area contributed by atoms with Crippen LogP contribution in [0.4, 0.5) is 0 Å². The van der Waals surface area contributed by atoms with Gasteiger partial charge in [0, 0.05) is 37.2 Å². The van der Waals surface area contributed by atoms with E-state index < -0.39 is 5.63 Å². The number of hydrogen-bond donors (Lipinski definition) is 2. The van der Waals surface area contributed by atoms with E-state index in [4.69, 9.17) is 13.9 Å². The summed E-state index contributed by atoms with van der Waals surface area (Å²) in [6.45, 7) is 2.56. The SMILES string of the molecule is O=C(COc1ccc2ccc(=O)oc2c1)NCC1CNCCO1. The van der Waals surface area contributed by atoms with Gasteiger partial charge in [-0.15, -0.1) is 0 Å². The molecule has 1 aromatic carbocycles. The van der Waals surface area contributed by atoms with Crippen molar-refractivity contribution in [1.29, 1.82) is 0 Å². The van der Waals surface area contributed by atoms with E-state index in [2.05, 4.69) is 10.6 Å². The van der Waals surface area contributed by atoms with Gasteiger partial charge in [0.25, 0.3) is 5.91 Å². The number of fused-ring (bicyclic) bond motifs is 1. The van der Waals surface area contributed by atoms with Crippen LogP contribution in [0.5, 0.6) is 5.75 Å². The third kappa shape index (κ3) is 4.30. The van der Waals surface area contributed by atoms with Crippen LogP contribution in [-0.4, -0.2) is 44.9 Å². The van der Waals surface area contributed by atoms with Crippen LogP contribution < -0.4 is 21.0 Å². The predicted molar refractivity (Wildman–Crippen MR) is 83.6 cm³/mol. The number of carbonyl (C=O) groups is 1. The van der Waals surface area contributed by atoms with Gasteiger partial charge in [0.2, 0.25) is 0 Å². The van der Waals surface area contributed by atoms with Crippen LogP contribution in [0, 0.1) is 0 Å². The first-order valence-corrected chi connectivity index (χ1v) is 7.46. The molecule has 1 atom stereocenters. The lowest BCUT2D eigenvalue weighted by atomic mass is 10.2. The highest BCUT2D eigenvalue weighted by Crippen LogP contribution is 2.19. The predicted octanol–water partition coefficient (Wildman–Crippen LogP) is 0.276. The minimum Gasteiger partial charge on any atom is -0.484 e. The van der Waals surface area contributed by atoms with Crippen LogP contribution in [0.1, 0.15) is 0 Å². The number of morpholine rings is 1. The minimum atomic E-state index is -0.423. The lowest BCUT2D eigenvalue weighted by Crippen LogP contribution is -2.45. The first kappa shape index (κ1) is 15.5. The van der Waals surface area contributed by atoms with Crippen LogP contribution in [0.3, 0.4) is 0 Å². The highest BCUT2D eigenvalue weighted by molar-refractivity contribution is 5.79. The fourth-order valence-electron chi connectivity index (χ4n) is 2.31. The molecule has 1 saturated heterocycles. The Hall–Kier alpha value is -2.38. The minimum absolute atomic E-state index is 0.0114. The summed E-state index contributed by atoms with van der Waals surface area (Å²) in [7, 11) is 0. The molecule has 1 aliphatic rings. The van der Waals surface area contributed by atoms with Crippen molar-refractivity contribution in [3.8, 4) is 5.75 Å². The highest BCUT2D eigenvalue weighted by atomic mass is 16.5. The second-order valence-electron chi connectivity index (χ2n) is 5.24. The molecule has 3 rings (SSSR count). The molecule has 0 bridgehead atoms. The van der Waals surface area contributed by atoms with E-state index in [0.29, 0.717) is 24.5 Å². The summed E-state index contributed by atoms with van der Waals surface area (Å²) in [5, 5.41) is 6.76. The molecule has 1 aromatic heterocycles. The normalized spacial score (nSPS) is 17.8. The van der Waals surface area contributed by atoms with Crippen molar-refractivity contribution in [1.82, 2.24) is 10.6 Å². The molecule has 0 aliphatic carbocycles. The second-order valence-corrected chi connectivity index (χ2v) is 5.24. The molecule has 1 amide bonds. The van der Waals surface area contributed by atoms with E-state index in [1.165, 1.54) is 6.07 Å². The van der Waals surface area contributed by atoms with Crippen LogP contribution in [0.15, 0.2) is 39.5 Å². The van der Waals surface area contributed by atoms with Crippen molar-refractivity contribution in [3.05, 3.63) is 40.8 Å².